The smallest absolute Gasteiger partial charge is 0.106 e. The van der Waals surface area contributed by atoms with Crippen LogP contribution in [0.2, 0.25) is 0 Å². The van der Waals surface area contributed by atoms with E-state index in [1.165, 1.54) is 5.56 Å². The quantitative estimate of drug-likeness (QED) is 0.937. The molecule has 0 aliphatic heterocycles. The minimum Gasteiger partial charge on any atom is -0.386 e. The molecule has 3 nitrogen and oxygen atoms in total. The second-order valence-electron chi connectivity index (χ2n) is 5.12. The number of nitrogens with zero attached hydrogens (tertiary/aromatic N) is 2. The summed E-state index contributed by atoms with van der Waals surface area (Å²) in [5, 5.41) is 15.2. The third-order valence-electron chi connectivity index (χ3n) is 4.05. The molecule has 1 fully saturated rings. The van der Waals surface area contributed by atoms with Gasteiger partial charge in [0.25, 0.3) is 0 Å². The Morgan fingerprint density at radius 2 is 2.05 bits per heavy atom. The SMILES string of the molecule is CCn1ncc(Br)c1C(O)C1(c2ccccc2)CC1. The maximum atomic E-state index is 10.9. The van der Waals surface area contributed by atoms with Crippen LogP contribution < -0.4 is 0 Å². The third-order valence-corrected chi connectivity index (χ3v) is 4.66. The predicted octanol–water partition coefficient (Wildman–Crippen LogP) is 3.43. The molecule has 0 radical (unpaired) electrons. The van der Waals surface area contributed by atoms with Crippen LogP contribution in [0.15, 0.2) is 41.0 Å². The summed E-state index contributed by atoms with van der Waals surface area (Å²) in [6, 6.07) is 10.3. The van der Waals surface area contributed by atoms with Crippen molar-refractivity contribution in [3.63, 3.8) is 0 Å². The lowest BCUT2D eigenvalue weighted by Gasteiger charge is -2.24. The van der Waals surface area contributed by atoms with Crippen molar-refractivity contribution in [2.45, 2.75) is 37.8 Å². The van der Waals surface area contributed by atoms with E-state index in [9.17, 15) is 5.11 Å². The van der Waals surface area contributed by atoms with Gasteiger partial charge in [-0.15, -0.1) is 0 Å². The van der Waals surface area contributed by atoms with E-state index < -0.39 is 6.10 Å². The van der Waals surface area contributed by atoms with Crippen molar-refractivity contribution in [1.29, 1.82) is 0 Å². The van der Waals surface area contributed by atoms with Crippen molar-refractivity contribution in [3.05, 3.63) is 52.3 Å². The zero-order chi connectivity index (χ0) is 13.5. The van der Waals surface area contributed by atoms with Gasteiger partial charge in [-0.25, -0.2) is 0 Å². The molecule has 1 aromatic carbocycles. The second-order valence-corrected chi connectivity index (χ2v) is 5.97. The first-order chi connectivity index (χ1) is 9.19. The zero-order valence-electron chi connectivity index (χ0n) is 10.9. The minimum absolute atomic E-state index is 0.128. The Morgan fingerprint density at radius 1 is 1.37 bits per heavy atom. The lowest BCUT2D eigenvalue weighted by molar-refractivity contribution is 0.122. The predicted molar refractivity (Wildman–Crippen MR) is 77.9 cm³/mol. The lowest BCUT2D eigenvalue weighted by atomic mass is 9.88. The largest absolute Gasteiger partial charge is 0.386 e. The molecule has 19 heavy (non-hydrogen) atoms. The van der Waals surface area contributed by atoms with Gasteiger partial charge < -0.3 is 5.11 Å². The first kappa shape index (κ1) is 12.9. The Hall–Kier alpha value is -1.13. The van der Waals surface area contributed by atoms with Crippen LogP contribution in [0.4, 0.5) is 0 Å². The van der Waals surface area contributed by atoms with Crippen LogP contribution in [-0.4, -0.2) is 14.9 Å². The van der Waals surface area contributed by atoms with Crippen LogP contribution in [-0.2, 0) is 12.0 Å². The summed E-state index contributed by atoms with van der Waals surface area (Å²) in [5.41, 5.74) is 1.98. The normalized spacial score (nSPS) is 18.3. The molecule has 1 aliphatic rings. The van der Waals surface area contributed by atoms with E-state index >= 15 is 0 Å². The molecule has 1 N–H and O–H groups in total. The van der Waals surface area contributed by atoms with E-state index in [4.69, 9.17) is 0 Å². The first-order valence-corrected chi connectivity index (χ1v) is 7.43. The van der Waals surface area contributed by atoms with E-state index in [1.807, 2.05) is 29.8 Å². The van der Waals surface area contributed by atoms with E-state index in [-0.39, 0.29) is 5.41 Å². The maximum Gasteiger partial charge on any atom is 0.106 e. The molecule has 1 aliphatic carbocycles. The third kappa shape index (κ3) is 2.03. The molecule has 0 saturated heterocycles. The average Bonchev–Trinajstić information content (AvgIpc) is 3.18. The van der Waals surface area contributed by atoms with E-state index in [0.29, 0.717) is 0 Å². The van der Waals surface area contributed by atoms with Crippen molar-refractivity contribution < 1.29 is 5.11 Å². The fourth-order valence-electron chi connectivity index (χ4n) is 2.78. The molecular formula is C15H17BrN2O. The van der Waals surface area contributed by atoms with Gasteiger partial charge >= 0.3 is 0 Å². The molecule has 0 amide bonds. The topological polar surface area (TPSA) is 38.0 Å². The fourth-order valence-corrected chi connectivity index (χ4v) is 3.30. The zero-order valence-corrected chi connectivity index (χ0v) is 12.5. The lowest BCUT2D eigenvalue weighted by Crippen LogP contribution is -2.22. The molecule has 1 heterocycles. The Kier molecular flexibility index (Phi) is 3.23. The summed E-state index contributed by atoms with van der Waals surface area (Å²) >= 11 is 3.51. The van der Waals surface area contributed by atoms with Gasteiger partial charge in [-0.2, -0.15) is 5.10 Å². The number of hydrogen-bond acceptors (Lipinski definition) is 2. The monoisotopic (exact) mass is 320 g/mol. The standard InChI is InChI=1S/C15H17BrN2O/c1-2-18-13(12(16)10-17-18)14(19)15(8-9-15)11-6-4-3-5-7-11/h3-7,10,14,19H,2,8-9H2,1H3. The average molecular weight is 321 g/mol. The summed E-state index contributed by atoms with van der Waals surface area (Å²) in [7, 11) is 0. The summed E-state index contributed by atoms with van der Waals surface area (Å²) in [4.78, 5) is 0. The number of aliphatic hydroxyl groups is 1. The molecule has 0 spiro atoms. The highest BCUT2D eigenvalue weighted by atomic mass is 79.9. The Morgan fingerprint density at radius 3 is 2.63 bits per heavy atom. The molecule has 100 valence electrons. The van der Waals surface area contributed by atoms with Crippen LogP contribution in [0.5, 0.6) is 0 Å². The van der Waals surface area contributed by atoms with Gasteiger partial charge in [0.2, 0.25) is 0 Å². The molecule has 0 bridgehead atoms. The summed E-state index contributed by atoms with van der Waals surface area (Å²) in [6.07, 6.45) is 3.31. The molecule has 1 saturated carbocycles. The van der Waals surface area contributed by atoms with Gasteiger partial charge in [0, 0.05) is 12.0 Å². The fraction of sp³-hybridized carbons (Fsp3) is 0.400. The summed E-state index contributed by atoms with van der Waals surface area (Å²) in [6.45, 7) is 2.81. The molecule has 1 atom stereocenters. The van der Waals surface area contributed by atoms with E-state index in [0.717, 1.165) is 29.6 Å². The van der Waals surface area contributed by atoms with Crippen molar-refractivity contribution in [3.8, 4) is 0 Å². The van der Waals surface area contributed by atoms with Crippen LogP contribution in [0.25, 0.3) is 0 Å². The number of aromatic nitrogens is 2. The molecule has 4 heteroatoms. The van der Waals surface area contributed by atoms with Gasteiger partial charge in [0.15, 0.2) is 0 Å². The van der Waals surface area contributed by atoms with Crippen LogP contribution >= 0.6 is 15.9 Å². The highest BCUT2D eigenvalue weighted by molar-refractivity contribution is 9.10. The maximum absolute atomic E-state index is 10.9. The Balaban J connectivity index is 2.00. The first-order valence-electron chi connectivity index (χ1n) is 6.64. The van der Waals surface area contributed by atoms with Gasteiger partial charge in [0.05, 0.1) is 16.4 Å². The number of hydrogen-bond donors (Lipinski definition) is 1. The molecule has 1 aromatic heterocycles. The van der Waals surface area contributed by atoms with Gasteiger partial charge in [-0.3, -0.25) is 4.68 Å². The minimum atomic E-state index is -0.508. The molecule has 1 unspecified atom stereocenters. The Labute approximate surface area is 121 Å². The van der Waals surface area contributed by atoms with Gasteiger partial charge in [-0.1, -0.05) is 30.3 Å². The number of rotatable bonds is 4. The van der Waals surface area contributed by atoms with Crippen molar-refractivity contribution in [2.75, 3.05) is 0 Å². The number of halogens is 1. The van der Waals surface area contributed by atoms with E-state index in [2.05, 4.69) is 33.2 Å². The highest BCUT2D eigenvalue weighted by Crippen LogP contribution is 2.57. The number of aryl methyl sites for hydroxylation is 1. The molecular weight excluding hydrogens is 304 g/mol. The summed E-state index contributed by atoms with van der Waals surface area (Å²) < 4.78 is 2.77. The van der Waals surface area contributed by atoms with Gasteiger partial charge in [0.1, 0.15) is 6.10 Å². The van der Waals surface area contributed by atoms with Crippen molar-refractivity contribution >= 4 is 15.9 Å². The Bertz CT molecular complexity index is 575. The molecule has 2 aromatic rings. The second kappa shape index (κ2) is 4.76. The van der Waals surface area contributed by atoms with Crippen LogP contribution in [0.3, 0.4) is 0 Å². The molecule has 3 rings (SSSR count). The highest BCUT2D eigenvalue weighted by Gasteiger charge is 2.52. The van der Waals surface area contributed by atoms with Crippen molar-refractivity contribution in [2.24, 2.45) is 0 Å². The summed E-state index contributed by atoms with van der Waals surface area (Å²) in [5.74, 6) is 0. The van der Waals surface area contributed by atoms with E-state index in [1.54, 1.807) is 6.20 Å². The van der Waals surface area contributed by atoms with Gasteiger partial charge in [-0.05, 0) is 41.3 Å². The number of benzene rings is 1. The van der Waals surface area contributed by atoms with Crippen LogP contribution in [0, 0.1) is 0 Å². The van der Waals surface area contributed by atoms with Crippen molar-refractivity contribution in [1.82, 2.24) is 9.78 Å². The van der Waals surface area contributed by atoms with Crippen LogP contribution in [0.1, 0.15) is 37.1 Å². The number of aliphatic hydroxyl groups excluding tert-OH is 1.